The molecule has 0 aliphatic heterocycles. The number of hydrogen-bond donors (Lipinski definition) is 1. The molecule has 0 bridgehead atoms. The Morgan fingerprint density at radius 3 is 2.28 bits per heavy atom. The van der Waals surface area contributed by atoms with Crippen LogP contribution in [0.1, 0.15) is 25.5 Å². The van der Waals surface area contributed by atoms with E-state index in [1.54, 1.807) is 38.1 Å². The maximum Gasteiger partial charge on any atom is 0.280 e. The molecule has 1 atom stereocenters. The Morgan fingerprint density at radius 1 is 1.28 bits per heavy atom. The lowest BCUT2D eigenvalue weighted by Gasteiger charge is -2.23. The Balaban J connectivity index is 2.93. The Morgan fingerprint density at radius 2 is 1.83 bits per heavy atom. The fourth-order valence-corrected chi connectivity index (χ4v) is 2.53. The van der Waals surface area contributed by atoms with Gasteiger partial charge in [0.25, 0.3) is 10.2 Å². The van der Waals surface area contributed by atoms with Crippen LogP contribution in [-0.4, -0.2) is 25.8 Å². The molecular weight excluding hydrogens is 250 g/mol. The number of hydrogen-bond acceptors (Lipinski definition) is 3. The third kappa shape index (κ3) is 3.53. The zero-order valence-electron chi connectivity index (χ0n) is 10.7. The van der Waals surface area contributed by atoms with Gasteiger partial charge in [-0.2, -0.15) is 22.7 Å². The van der Waals surface area contributed by atoms with Gasteiger partial charge in [0.05, 0.1) is 6.07 Å². The Hall–Kier alpha value is -1.42. The molecule has 0 amide bonds. The SMILES string of the molecule is CC(C)N(C)S(=O)(=O)NC(C#N)c1ccccc1. The molecule has 0 heterocycles. The predicted octanol–water partition coefficient (Wildman–Crippen LogP) is 1.43. The Kier molecular flexibility index (Phi) is 4.84. The van der Waals surface area contributed by atoms with Gasteiger partial charge < -0.3 is 0 Å². The number of rotatable bonds is 5. The summed E-state index contributed by atoms with van der Waals surface area (Å²) in [5, 5.41) is 9.07. The molecule has 0 aliphatic carbocycles. The monoisotopic (exact) mass is 267 g/mol. The molecule has 1 rings (SSSR count). The van der Waals surface area contributed by atoms with Crippen LogP contribution >= 0.6 is 0 Å². The molecule has 0 aliphatic rings. The zero-order valence-corrected chi connectivity index (χ0v) is 11.5. The molecule has 6 heteroatoms. The van der Waals surface area contributed by atoms with Crippen LogP contribution in [0.3, 0.4) is 0 Å². The highest BCUT2D eigenvalue weighted by atomic mass is 32.2. The van der Waals surface area contributed by atoms with Crippen molar-refractivity contribution in [2.75, 3.05) is 7.05 Å². The molecule has 0 saturated carbocycles. The average Bonchev–Trinajstić information content (AvgIpc) is 2.36. The third-order valence-corrected chi connectivity index (χ3v) is 4.35. The van der Waals surface area contributed by atoms with Crippen molar-refractivity contribution in [3.8, 4) is 6.07 Å². The van der Waals surface area contributed by atoms with Gasteiger partial charge in [0.15, 0.2) is 0 Å². The molecule has 98 valence electrons. The quantitative estimate of drug-likeness (QED) is 0.877. The van der Waals surface area contributed by atoms with Crippen molar-refractivity contribution in [2.45, 2.75) is 25.9 Å². The largest absolute Gasteiger partial charge is 0.280 e. The topological polar surface area (TPSA) is 73.2 Å². The van der Waals surface area contributed by atoms with E-state index in [2.05, 4.69) is 4.72 Å². The van der Waals surface area contributed by atoms with Gasteiger partial charge in [-0.05, 0) is 19.4 Å². The number of nitriles is 1. The lowest BCUT2D eigenvalue weighted by molar-refractivity contribution is 0.400. The summed E-state index contributed by atoms with van der Waals surface area (Å²) < 4.78 is 27.5. The molecule has 5 nitrogen and oxygen atoms in total. The van der Waals surface area contributed by atoms with Gasteiger partial charge in [-0.15, -0.1) is 0 Å². The fraction of sp³-hybridized carbons (Fsp3) is 0.417. The van der Waals surface area contributed by atoms with Gasteiger partial charge in [-0.3, -0.25) is 0 Å². The summed E-state index contributed by atoms with van der Waals surface area (Å²) in [7, 11) is -2.18. The third-order valence-electron chi connectivity index (χ3n) is 2.64. The van der Waals surface area contributed by atoms with E-state index in [4.69, 9.17) is 5.26 Å². The van der Waals surface area contributed by atoms with Gasteiger partial charge in [-0.25, -0.2) is 0 Å². The first-order valence-electron chi connectivity index (χ1n) is 5.58. The van der Waals surface area contributed by atoms with E-state index in [0.717, 1.165) is 0 Å². The van der Waals surface area contributed by atoms with Crippen LogP contribution < -0.4 is 4.72 Å². The predicted molar refractivity (Wildman–Crippen MR) is 69.8 cm³/mol. The minimum Gasteiger partial charge on any atom is -0.196 e. The van der Waals surface area contributed by atoms with E-state index in [9.17, 15) is 8.42 Å². The molecule has 1 aromatic rings. The van der Waals surface area contributed by atoms with E-state index in [-0.39, 0.29) is 6.04 Å². The van der Waals surface area contributed by atoms with Gasteiger partial charge >= 0.3 is 0 Å². The summed E-state index contributed by atoms with van der Waals surface area (Å²) in [5.74, 6) is 0. The smallest absolute Gasteiger partial charge is 0.196 e. The van der Waals surface area contributed by atoms with Crippen molar-refractivity contribution in [1.29, 1.82) is 5.26 Å². The van der Waals surface area contributed by atoms with Crippen LogP contribution in [0.15, 0.2) is 30.3 Å². The second kappa shape index (κ2) is 5.96. The van der Waals surface area contributed by atoms with Crippen LogP contribution in [0.2, 0.25) is 0 Å². The highest BCUT2D eigenvalue weighted by Gasteiger charge is 2.24. The molecule has 1 N–H and O–H groups in total. The van der Waals surface area contributed by atoms with Crippen LogP contribution in [0, 0.1) is 11.3 Å². The Bertz CT molecular complexity index is 520. The van der Waals surface area contributed by atoms with E-state index in [1.807, 2.05) is 12.1 Å². The molecular formula is C12H17N3O2S. The summed E-state index contributed by atoms with van der Waals surface area (Å²) in [6, 6.07) is 9.67. The summed E-state index contributed by atoms with van der Waals surface area (Å²) in [6.07, 6.45) is 0. The van der Waals surface area contributed by atoms with Gasteiger partial charge in [0.1, 0.15) is 6.04 Å². The first-order chi connectivity index (χ1) is 8.38. The molecule has 1 unspecified atom stereocenters. The van der Waals surface area contributed by atoms with Crippen molar-refractivity contribution in [3.05, 3.63) is 35.9 Å². The van der Waals surface area contributed by atoms with Crippen LogP contribution in [0.5, 0.6) is 0 Å². The van der Waals surface area contributed by atoms with Crippen molar-refractivity contribution in [1.82, 2.24) is 9.03 Å². The standard InChI is InChI=1S/C12H17N3O2S/c1-10(2)15(3)18(16,17)14-12(9-13)11-7-5-4-6-8-11/h4-8,10,12,14H,1-3H3. The highest BCUT2D eigenvalue weighted by Crippen LogP contribution is 2.14. The van der Waals surface area contributed by atoms with Crippen molar-refractivity contribution >= 4 is 10.2 Å². The summed E-state index contributed by atoms with van der Waals surface area (Å²) >= 11 is 0. The second-order valence-corrected chi connectivity index (χ2v) is 5.97. The fourth-order valence-electron chi connectivity index (χ4n) is 1.32. The molecule has 0 fully saturated rings. The van der Waals surface area contributed by atoms with E-state index in [0.29, 0.717) is 5.56 Å². The minimum absolute atomic E-state index is 0.169. The maximum absolute atomic E-state index is 12.0. The van der Waals surface area contributed by atoms with E-state index >= 15 is 0 Å². The maximum atomic E-state index is 12.0. The minimum atomic E-state index is -3.66. The first-order valence-corrected chi connectivity index (χ1v) is 7.02. The normalized spacial score (nSPS) is 13.6. The molecule has 0 spiro atoms. The zero-order chi connectivity index (χ0) is 13.8. The number of benzene rings is 1. The number of nitrogens with one attached hydrogen (secondary N) is 1. The summed E-state index contributed by atoms with van der Waals surface area (Å²) in [6.45, 7) is 3.53. The Labute approximate surface area is 108 Å². The van der Waals surface area contributed by atoms with Crippen LogP contribution in [-0.2, 0) is 10.2 Å². The van der Waals surface area contributed by atoms with E-state index in [1.165, 1.54) is 11.4 Å². The lowest BCUT2D eigenvalue weighted by Crippen LogP contribution is -2.43. The molecule has 0 radical (unpaired) electrons. The molecule has 0 saturated heterocycles. The van der Waals surface area contributed by atoms with Crippen LogP contribution in [0.25, 0.3) is 0 Å². The second-order valence-electron chi connectivity index (χ2n) is 4.21. The first kappa shape index (κ1) is 14.6. The molecule has 18 heavy (non-hydrogen) atoms. The average molecular weight is 267 g/mol. The number of nitrogens with zero attached hydrogens (tertiary/aromatic N) is 2. The van der Waals surface area contributed by atoms with E-state index < -0.39 is 16.3 Å². The van der Waals surface area contributed by atoms with Crippen LogP contribution in [0.4, 0.5) is 0 Å². The summed E-state index contributed by atoms with van der Waals surface area (Å²) in [5.41, 5.74) is 0.626. The molecule has 1 aromatic carbocycles. The highest BCUT2D eigenvalue weighted by molar-refractivity contribution is 7.87. The summed E-state index contributed by atoms with van der Waals surface area (Å²) in [4.78, 5) is 0. The van der Waals surface area contributed by atoms with Gasteiger partial charge in [-0.1, -0.05) is 30.3 Å². The van der Waals surface area contributed by atoms with Crippen molar-refractivity contribution in [2.24, 2.45) is 0 Å². The van der Waals surface area contributed by atoms with Crippen molar-refractivity contribution < 1.29 is 8.42 Å². The molecule has 0 aromatic heterocycles. The lowest BCUT2D eigenvalue weighted by atomic mass is 10.1. The van der Waals surface area contributed by atoms with Gasteiger partial charge in [0.2, 0.25) is 0 Å². The van der Waals surface area contributed by atoms with Crippen molar-refractivity contribution in [3.63, 3.8) is 0 Å². The van der Waals surface area contributed by atoms with Gasteiger partial charge in [0, 0.05) is 13.1 Å².